The standard InChI is InChI=1S/C14H16ClN3O4/c1-17-7-14(22-13(17)21)3-2-4-18(8-14)12(20)9-5-10(15)11(19)16-6-9/h5-6H,2-4,7-8H2,1H3,(H,16,19)/t14-/m1/s1. The van der Waals surface area contributed by atoms with Crippen LogP contribution in [0, 0.1) is 0 Å². The van der Waals surface area contributed by atoms with E-state index in [1.807, 2.05) is 0 Å². The molecule has 22 heavy (non-hydrogen) atoms. The fraction of sp³-hybridized carbons (Fsp3) is 0.500. The number of H-pyrrole nitrogens is 1. The molecule has 0 bridgehead atoms. The first-order valence-corrected chi connectivity index (χ1v) is 7.40. The molecule has 1 aromatic heterocycles. The van der Waals surface area contributed by atoms with Gasteiger partial charge in [-0.25, -0.2) is 4.79 Å². The Hall–Kier alpha value is -2.02. The maximum Gasteiger partial charge on any atom is 0.410 e. The van der Waals surface area contributed by atoms with Gasteiger partial charge in [-0.3, -0.25) is 9.59 Å². The number of halogens is 1. The van der Waals surface area contributed by atoms with Crippen molar-refractivity contribution in [3.05, 3.63) is 33.2 Å². The van der Waals surface area contributed by atoms with E-state index in [0.29, 0.717) is 25.2 Å². The molecule has 0 aromatic carbocycles. The largest absolute Gasteiger partial charge is 0.439 e. The molecule has 3 heterocycles. The van der Waals surface area contributed by atoms with E-state index >= 15 is 0 Å². The number of piperidine rings is 1. The Morgan fingerprint density at radius 2 is 2.18 bits per heavy atom. The molecule has 118 valence electrons. The molecular weight excluding hydrogens is 310 g/mol. The third kappa shape index (κ3) is 2.56. The molecule has 2 aliphatic heterocycles. The smallest absolute Gasteiger partial charge is 0.410 e. The number of nitrogens with one attached hydrogen (secondary N) is 1. The summed E-state index contributed by atoms with van der Waals surface area (Å²) in [4.78, 5) is 41.0. The zero-order valence-electron chi connectivity index (χ0n) is 12.1. The lowest BCUT2D eigenvalue weighted by molar-refractivity contribution is -0.00522. The Balaban J connectivity index is 1.80. The summed E-state index contributed by atoms with van der Waals surface area (Å²) in [6, 6.07) is 1.36. The Kier molecular flexibility index (Phi) is 3.60. The fourth-order valence-corrected chi connectivity index (χ4v) is 3.21. The van der Waals surface area contributed by atoms with Crippen LogP contribution < -0.4 is 5.56 Å². The summed E-state index contributed by atoms with van der Waals surface area (Å²) < 4.78 is 5.47. The molecular formula is C14H16ClN3O4. The van der Waals surface area contributed by atoms with Crippen molar-refractivity contribution < 1.29 is 14.3 Å². The number of amides is 2. The maximum atomic E-state index is 12.6. The molecule has 2 aliphatic rings. The Bertz CT molecular complexity index is 689. The molecule has 1 aromatic rings. The van der Waals surface area contributed by atoms with Gasteiger partial charge in [0.1, 0.15) is 10.6 Å². The normalized spacial score (nSPS) is 24.7. The highest BCUT2D eigenvalue weighted by Gasteiger charge is 2.47. The molecule has 1 N–H and O–H groups in total. The molecule has 0 aliphatic carbocycles. The van der Waals surface area contributed by atoms with Crippen LogP contribution in [0.3, 0.4) is 0 Å². The van der Waals surface area contributed by atoms with Crippen molar-refractivity contribution in [3.63, 3.8) is 0 Å². The van der Waals surface area contributed by atoms with E-state index in [2.05, 4.69) is 4.98 Å². The number of carbonyl (C=O) groups excluding carboxylic acids is 2. The number of nitrogens with zero attached hydrogens (tertiary/aromatic N) is 2. The molecule has 0 unspecified atom stereocenters. The number of rotatable bonds is 1. The number of likely N-dealkylation sites (N-methyl/N-ethyl adjacent to an activating group) is 1. The predicted molar refractivity (Wildman–Crippen MR) is 79.1 cm³/mol. The average molecular weight is 326 g/mol. The van der Waals surface area contributed by atoms with Crippen LogP contribution in [0.1, 0.15) is 23.2 Å². The van der Waals surface area contributed by atoms with Gasteiger partial charge in [0.05, 0.1) is 18.7 Å². The van der Waals surface area contributed by atoms with Gasteiger partial charge in [0.25, 0.3) is 11.5 Å². The lowest BCUT2D eigenvalue weighted by Crippen LogP contribution is -2.52. The van der Waals surface area contributed by atoms with Gasteiger partial charge in [-0.15, -0.1) is 0 Å². The molecule has 2 amide bonds. The summed E-state index contributed by atoms with van der Waals surface area (Å²) in [6.45, 7) is 1.40. The van der Waals surface area contributed by atoms with Crippen molar-refractivity contribution in [1.82, 2.24) is 14.8 Å². The van der Waals surface area contributed by atoms with E-state index in [4.69, 9.17) is 16.3 Å². The van der Waals surface area contributed by atoms with Crippen LogP contribution in [0.2, 0.25) is 5.02 Å². The summed E-state index contributed by atoms with van der Waals surface area (Å²) in [7, 11) is 1.68. The third-order valence-corrected chi connectivity index (χ3v) is 4.35. The topological polar surface area (TPSA) is 82.7 Å². The summed E-state index contributed by atoms with van der Waals surface area (Å²) in [5.41, 5.74) is -0.745. The molecule has 2 saturated heterocycles. The van der Waals surface area contributed by atoms with E-state index in [-0.39, 0.29) is 17.0 Å². The predicted octanol–water partition coefficient (Wildman–Crippen LogP) is 1.09. The Morgan fingerprint density at radius 3 is 2.82 bits per heavy atom. The van der Waals surface area contributed by atoms with Gasteiger partial charge in [-0.2, -0.15) is 0 Å². The molecule has 1 atom stereocenters. The number of hydrogen-bond acceptors (Lipinski definition) is 4. The lowest BCUT2D eigenvalue weighted by Gasteiger charge is -2.38. The first-order chi connectivity index (χ1) is 10.4. The zero-order valence-corrected chi connectivity index (χ0v) is 12.9. The number of aromatic amines is 1. The van der Waals surface area contributed by atoms with Crippen LogP contribution in [0.5, 0.6) is 0 Å². The highest BCUT2D eigenvalue weighted by molar-refractivity contribution is 6.30. The van der Waals surface area contributed by atoms with Crippen molar-refractivity contribution in [3.8, 4) is 0 Å². The van der Waals surface area contributed by atoms with Crippen LogP contribution >= 0.6 is 11.6 Å². The van der Waals surface area contributed by atoms with Crippen LogP contribution in [0.25, 0.3) is 0 Å². The molecule has 0 radical (unpaired) electrons. The number of hydrogen-bond donors (Lipinski definition) is 1. The van der Waals surface area contributed by atoms with Gasteiger partial charge in [0, 0.05) is 19.8 Å². The number of ether oxygens (including phenoxy) is 1. The summed E-state index contributed by atoms with van der Waals surface area (Å²) in [5.74, 6) is -0.233. The fourth-order valence-electron chi connectivity index (χ4n) is 3.04. The maximum absolute atomic E-state index is 12.6. The Labute approximate surface area is 131 Å². The molecule has 1 spiro atoms. The van der Waals surface area contributed by atoms with E-state index in [1.54, 1.807) is 11.9 Å². The van der Waals surface area contributed by atoms with Gasteiger partial charge in [-0.1, -0.05) is 11.6 Å². The highest BCUT2D eigenvalue weighted by atomic mass is 35.5. The summed E-state index contributed by atoms with van der Waals surface area (Å²) >= 11 is 5.77. The van der Waals surface area contributed by atoms with Crippen molar-refractivity contribution in [2.75, 3.05) is 26.7 Å². The average Bonchev–Trinajstić information content (AvgIpc) is 2.75. The lowest BCUT2D eigenvalue weighted by atomic mass is 9.92. The third-order valence-electron chi connectivity index (χ3n) is 4.07. The second kappa shape index (κ2) is 5.31. The van der Waals surface area contributed by atoms with Gasteiger partial charge in [-0.05, 0) is 18.9 Å². The van der Waals surface area contributed by atoms with E-state index in [1.165, 1.54) is 17.2 Å². The first-order valence-electron chi connectivity index (χ1n) is 7.02. The van der Waals surface area contributed by atoms with Crippen LogP contribution in [0.15, 0.2) is 17.1 Å². The number of aromatic nitrogens is 1. The SMILES string of the molecule is CN1C[C@@]2(CCCN(C(=O)c3c[nH]c(=O)c(Cl)c3)C2)OC1=O. The van der Waals surface area contributed by atoms with Crippen LogP contribution in [0.4, 0.5) is 4.79 Å². The minimum absolute atomic E-state index is 0.0235. The van der Waals surface area contributed by atoms with Gasteiger partial charge in [0.2, 0.25) is 0 Å². The second-order valence-electron chi connectivity index (χ2n) is 5.80. The number of carbonyl (C=O) groups is 2. The number of pyridine rings is 1. The number of likely N-dealkylation sites (tertiary alicyclic amines) is 1. The zero-order chi connectivity index (χ0) is 15.9. The second-order valence-corrected chi connectivity index (χ2v) is 6.21. The van der Waals surface area contributed by atoms with Crippen molar-refractivity contribution in [2.45, 2.75) is 18.4 Å². The summed E-state index contributed by atoms with van der Waals surface area (Å²) in [5, 5.41) is -0.0235. The Morgan fingerprint density at radius 1 is 1.41 bits per heavy atom. The molecule has 8 heteroatoms. The minimum Gasteiger partial charge on any atom is -0.439 e. The van der Waals surface area contributed by atoms with E-state index in [9.17, 15) is 14.4 Å². The molecule has 2 fully saturated rings. The monoisotopic (exact) mass is 325 g/mol. The van der Waals surface area contributed by atoms with Gasteiger partial charge >= 0.3 is 6.09 Å². The first kappa shape index (κ1) is 14.9. The quantitative estimate of drug-likeness (QED) is 0.837. The molecule has 7 nitrogen and oxygen atoms in total. The summed E-state index contributed by atoms with van der Waals surface area (Å²) in [6.07, 6.45) is 2.48. The van der Waals surface area contributed by atoms with Gasteiger partial charge < -0.3 is 19.5 Å². The van der Waals surface area contributed by atoms with Crippen molar-refractivity contribution >= 4 is 23.6 Å². The van der Waals surface area contributed by atoms with Crippen molar-refractivity contribution in [1.29, 1.82) is 0 Å². The highest BCUT2D eigenvalue weighted by Crippen LogP contribution is 2.31. The van der Waals surface area contributed by atoms with Gasteiger partial charge in [0.15, 0.2) is 0 Å². The van der Waals surface area contributed by atoms with Crippen LogP contribution in [-0.2, 0) is 4.74 Å². The van der Waals surface area contributed by atoms with Crippen LogP contribution in [-0.4, -0.2) is 59.1 Å². The minimum atomic E-state index is -0.633. The molecule has 0 saturated carbocycles. The molecule has 3 rings (SSSR count). The van der Waals surface area contributed by atoms with E-state index < -0.39 is 11.2 Å². The van der Waals surface area contributed by atoms with E-state index in [0.717, 1.165) is 12.8 Å². The van der Waals surface area contributed by atoms with Crippen molar-refractivity contribution in [2.24, 2.45) is 0 Å².